The second-order valence-electron chi connectivity index (χ2n) is 5.67. The molecular weight excluding hydrogens is 395 g/mol. The summed E-state index contributed by atoms with van der Waals surface area (Å²) in [6.45, 7) is 0. The maximum absolute atomic E-state index is 13.0. The Labute approximate surface area is 150 Å². The summed E-state index contributed by atoms with van der Waals surface area (Å²) in [7, 11) is 1.74. The monoisotopic (exact) mass is 407 g/mol. The van der Waals surface area contributed by atoms with Crippen molar-refractivity contribution in [1.82, 2.24) is 4.57 Å². The maximum Gasteiger partial charge on any atom is 0.416 e. The molecule has 128 valence electrons. The van der Waals surface area contributed by atoms with Gasteiger partial charge in [0.25, 0.3) is 0 Å². The molecule has 0 aliphatic heterocycles. The number of pyridine rings is 1. The van der Waals surface area contributed by atoms with Crippen LogP contribution in [0.1, 0.15) is 5.56 Å². The molecule has 1 aromatic heterocycles. The Kier molecular flexibility index (Phi) is 4.56. The third-order valence-corrected chi connectivity index (χ3v) is 4.34. The molecule has 2 aromatic carbocycles. The quantitative estimate of drug-likeness (QED) is 0.549. The zero-order valence-corrected chi connectivity index (χ0v) is 14.7. The largest absolute Gasteiger partial charge is 0.416 e. The lowest BCUT2D eigenvalue weighted by Crippen LogP contribution is -2.12. The van der Waals surface area contributed by atoms with Gasteiger partial charge in [-0.05, 0) is 35.4 Å². The first-order valence-electron chi connectivity index (χ1n) is 7.39. The molecule has 0 aliphatic rings. The SMILES string of the molecule is Cn1cc(-c2ccc(Br)cc2)c(=O)c(-c2cccc(C(F)(F)F)c2)c1. The van der Waals surface area contributed by atoms with E-state index in [-0.39, 0.29) is 16.6 Å². The first-order chi connectivity index (χ1) is 11.8. The van der Waals surface area contributed by atoms with Crippen LogP contribution in [0.2, 0.25) is 0 Å². The molecule has 0 amide bonds. The van der Waals surface area contributed by atoms with Crippen molar-refractivity contribution in [1.29, 1.82) is 0 Å². The van der Waals surface area contributed by atoms with Crippen molar-refractivity contribution in [2.75, 3.05) is 0 Å². The summed E-state index contributed by atoms with van der Waals surface area (Å²) < 4.78 is 41.4. The van der Waals surface area contributed by atoms with E-state index in [0.717, 1.165) is 16.6 Å². The van der Waals surface area contributed by atoms with Crippen molar-refractivity contribution < 1.29 is 13.2 Å². The van der Waals surface area contributed by atoms with Gasteiger partial charge in [0.1, 0.15) is 0 Å². The Hall–Kier alpha value is -2.34. The van der Waals surface area contributed by atoms with E-state index >= 15 is 0 Å². The van der Waals surface area contributed by atoms with E-state index in [1.807, 2.05) is 12.1 Å². The van der Waals surface area contributed by atoms with E-state index in [9.17, 15) is 18.0 Å². The van der Waals surface area contributed by atoms with Crippen LogP contribution in [0.3, 0.4) is 0 Å². The molecule has 2 nitrogen and oxygen atoms in total. The Bertz CT molecular complexity index is 975. The molecule has 3 aromatic rings. The summed E-state index contributed by atoms with van der Waals surface area (Å²) >= 11 is 3.34. The number of benzene rings is 2. The Morgan fingerprint density at radius 1 is 0.920 bits per heavy atom. The van der Waals surface area contributed by atoms with E-state index in [1.54, 1.807) is 36.1 Å². The highest BCUT2D eigenvalue weighted by molar-refractivity contribution is 9.10. The van der Waals surface area contributed by atoms with E-state index in [1.165, 1.54) is 12.1 Å². The van der Waals surface area contributed by atoms with Gasteiger partial charge in [-0.3, -0.25) is 4.79 Å². The molecule has 0 aliphatic carbocycles. The first-order valence-corrected chi connectivity index (χ1v) is 8.19. The number of nitrogens with zero attached hydrogens (tertiary/aromatic N) is 1. The number of aromatic nitrogens is 1. The molecule has 0 unspecified atom stereocenters. The highest BCUT2D eigenvalue weighted by Gasteiger charge is 2.30. The minimum absolute atomic E-state index is 0.231. The van der Waals surface area contributed by atoms with Gasteiger partial charge in [-0.15, -0.1) is 0 Å². The second kappa shape index (κ2) is 6.52. The summed E-state index contributed by atoms with van der Waals surface area (Å²) in [5, 5.41) is 0. The predicted molar refractivity (Wildman–Crippen MR) is 95.3 cm³/mol. The average Bonchev–Trinajstić information content (AvgIpc) is 2.57. The summed E-state index contributed by atoms with van der Waals surface area (Å²) in [6, 6.07) is 12.0. The van der Waals surface area contributed by atoms with Crippen LogP contribution in [-0.2, 0) is 13.2 Å². The molecule has 0 atom stereocenters. The standard InChI is InChI=1S/C19H13BrF3NO/c1-24-10-16(12-5-7-15(20)8-6-12)18(25)17(11-24)13-3-2-4-14(9-13)19(21,22)23/h2-11H,1H3. The van der Waals surface area contributed by atoms with Crippen molar-refractivity contribution >= 4 is 15.9 Å². The molecule has 0 N–H and O–H groups in total. The lowest BCUT2D eigenvalue weighted by molar-refractivity contribution is -0.137. The van der Waals surface area contributed by atoms with Crippen LogP contribution < -0.4 is 5.43 Å². The molecule has 3 rings (SSSR count). The average molecular weight is 408 g/mol. The third-order valence-electron chi connectivity index (χ3n) is 3.81. The molecule has 1 heterocycles. The van der Waals surface area contributed by atoms with Crippen LogP contribution in [0.15, 0.2) is 70.2 Å². The smallest absolute Gasteiger partial charge is 0.356 e. The predicted octanol–water partition coefficient (Wildman–Crippen LogP) is 5.50. The second-order valence-corrected chi connectivity index (χ2v) is 6.58. The van der Waals surface area contributed by atoms with Gasteiger partial charge in [-0.2, -0.15) is 13.2 Å². The minimum atomic E-state index is -4.45. The van der Waals surface area contributed by atoms with Gasteiger partial charge >= 0.3 is 6.18 Å². The van der Waals surface area contributed by atoms with Crippen LogP contribution in [0.4, 0.5) is 13.2 Å². The van der Waals surface area contributed by atoms with Gasteiger partial charge in [-0.25, -0.2) is 0 Å². The number of hydrogen-bond acceptors (Lipinski definition) is 1. The van der Waals surface area contributed by atoms with Gasteiger partial charge in [0.2, 0.25) is 0 Å². The van der Waals surface area contributed by atoms with Crippen LogP contribution in [-0.4, -0.2) is 4.57 Å². The van der Waals surface area contributed by atoms with Gasteiger partial charge in [0.15, 0.2) is 5.43 Å². The van der Waals surface area contributed by atoms with Gasteiger partial charge in [0.05, 0.1) is 5.56 Å². The van der Waals surface area contributed by atoms with E-state index in [0.29, 0.717) is 11.1 Å². The zero-order chi connectivity index (χ0) is 18.2. The molecule has 25 heavy (non-hydrogen) atoms. The molecule has 0 saturated heterocycles. The van der Waals surface area contributed by atoms with Gasteiger partial charge in [0, 0.05) is 35.0 Å². The lowest BCUT2D eigenvalue weighted by Gasteiger charge is -2.11. The number of rotatable bonds is 2. The van der Waals surface area contributed by atoms with E-state index in [4.69, 9.17) is 0 Å². The number of halogens is 4. The van der Waals surface area contributed by atoms with E-state index < -0.39 is 11.7 Å². The van der Waals surface area contributed by atoms with Crippen LogP contribution in [0, 0.1) is 0 Å². The molecule has 0 radical (unpaired) electrons. The van der Waals surface area contributed by atoms with Crippen LogP contribution in [0.5, 0.6) is 0 Å². The first kappa shape index (κ1) is 17.5. The van der Waals surface area contributed by atoms with Crippen molar-refractivity contribution in [3.05, 3.63) is 81.2 Å². The fourth-order valence-electron chi connectivity index (χ4n) is 2.61. The summed E-state index contributed by atoms with van der Waals surface area (Å²) in [4.78, 5) is 12.9. The molecule has 0 bridgehead atoms. The van der Waals surface area contributed by atoms with Crippen LogP contribution >= 0.6 is 15.9 Å². The summed E-state index contributed by atoms with van der Waals surface area (Å²) in [5.74, 6) is 0. The topological polar surface area (TPSA) is 22.0 Å². The number of aryl methyl sites for hydroxylation is 1. The van der Waals surface area contributed by atoms with Gasteiger partial charge < -0.3 is 4.57 Å². The fourth-order valence-corrected chi connectivity index (χ4v) is 2.87. The lowest BCUT2D eigenvalue weighted by atomic mass is 9.99. The highest BCUT2D eigenvalue weighted by atomic mass is 79.9. The minimum Gasteiger partial charge on any atom is -0.356 e. The highest BCUT2D eigenvalue weighted by Crippen LogP contribution is 2.32. The Morgan fingerprint density at radius 3 is 2.12 bits per heavy atom. The van der Waals surface area contributed by atoms with Crippen molar-refractivity contribution in [3.8, 4) is 22.3 Å². The number of alkyl halides is 3. The summed E-state index contributed by atoms with van der Waals surface area (Å²) in [6.07, 6.45) is -1.24. The molecule has 6 heteroatoms. The maximum atomic E-state index is 13.0. The van der Waals surface area contributed by atoms with Crippen molar-refractivity contribution in [3.63, 3.8) is 0 Å². The summed E-state index contributed by atoms with van der Waals surface area (Å²) in [5.41, 5.74) is 0.534. The van der Waals surface area contributed by atoms with Crippen molar-refractivity contribution in [2.45, 2.75) is 6.18 Å². The normalized spacial score (nSPS) is 11.6. The Balaban J connectivity index is 2.19. The third kappa shape index (κ3) is 3.69. The molecule has 0 fully saturated rings. The fraction of sp³-hybridized carbons (Fsp3) is 0.105. The number of hydrogen-bond donors (Lipinski definition) is 0. The Morgan fingerprint density at radius 2 is 1.52 bits per heavy atom. The zero-order valence-electron chi connectivity index (χ0n) is 13.1. The molecule has 0 saturated carbocycles. The van der Waals surface area contributed by atoms with Crippen LogP contribution in [0.25, 0.3) is 22.3 Å². The van der Waals surface area contributed by atoms with Crippen molar-refractivity contribution in [2.24, 2.45) is 7.05 Å². The van der Waals surface area contributed by atoms with Gasteiger partial charge in [-0.1, -0.05) is 40.2 Å². The van der Waals surface area contributed by atoms with E-state index in [2.05, 4.69) is 15.9 Å². The molecule has 0 spiro atoms. The molecular formula is C19H13BrF3NO.